The standard InChI is InChI=1S/C9H9ClFNO/c10-9-6(8(13)4-5-12)2-1-3-7(9)11/h1-3H,4-5,12H2. The Labute approximate surface area is 80.5 Å². The quantitative estimate of drug-likeness (QED) is 0.761. The topological polar surface area (TPSA) is 43.1 Å². The van der Waals surface area contributed by atoms with E-state index in [4.69, 9.17) is 17.3 Å². The molecule has 0 unspecified atom stereocenters. The average Bonchev–Trinajstić information content (AvgIpc) is 2.10. The fourth-order valence-corrected chi connectivity index (χ4v) is 1.22. The van der Waals surface area contributed by atoms with Crippen LogP contribution in [0.25, 0.3) is 0 Å². The van der Waals surface area contributed by atoms with Crippen molar-refractivity contribution in [2.24, 2.45) is 5.73 Å². The molecule has 0 bridgehead atoms. The lowest BCUT2D eigenvalue weighted by Crippen LogP contribution is -2.08. The lowest BCUT2D eigenvalue weighted by atomic mass is 10.1. The molecule has 0 spiro atoms. The molecular weight excluding hydrogens is 193 g/mol. The number of halogens is 2. The maximum Gasteiger partial charge on any atom is 0.165 e. The summed E-state index contributed by atoms with van der Waals surface area (Å²) in [7, 11) is 0. The van der Waals surface area contributed by atoms with Gasteiger partial charge in [-0.05, 0) is 18.7 Å². The molecule has 0 aromatic heterocycles. The number of nitrogens with two attached hydrogens (primary N) is 1. The van der Waals surface area contributed by atoms with Crippen LogP contribution in [0.2, 0.25) is 5.02 Å². The van der Waals surface area contributed by atoms with Crippen molar-refractivity contribution < 1.29 is 9.18 Å². The first-order valence-corrected chi connectivity index (χ1v) is 4.22. The van der Waals surface area contributed by atoms with E-state index in [1.165, 1.54) is 18.2 Å². The highest BCUT2D eigenvalue weighted by atomic mass is 35.5. The number of hydrogen-bond acceptors (Lipinski definition) is 2. The second-order valence-corrected chi connectivity index (χ2v) is 2.94. The molecule has 0 heterocycles. The minimum absolute atomic E-state index is 0.124. The Kier molecular flexibility index (Phi) is 3.39. The molecule has 1 rings (SSSR count). The van der Waals surface area contributed by atoms with Gasteiger partial charge < -0.3 is 5.73 Å². The summed E-state index contributed by atoms with van der Waals surface area (Å²) in [6, 6.07) is 4.15. The van der Waals surface area contributed by atoms with Gasteiger partial charge in [-0.1, -0.05) is 17.7 Å². The van der Waals surface area contributed by atoms with E-state index in [1.807, 2.05) is 0 Å². The van der Waals surface area contributed by atoms with E-state index in [1.54, 1.807) is 0 Å². The molecule has 1 aromatic carbocycles. The second kappa shape index (κ2) is 4.35. The first-order chi connectivity index (χ1) is 6.16. The van der Waals surface area contributed by atoms with Crippen molar-refractivity contribution in [3.05, 3.63) is 34.6 Å². The molecule has 0 aliphatic carbocycles. The van der Waals surface area contributed by atoms with Crippen molar-refractivity contribution in [1.29, 1.82) is 0 Å². The van der Waals surface area contributed by atoms with Gasteiger partial charge in [0.15, 0.2) is 5.78 Å². The summed E-state index contributed by atoms with van der Waals surface area (Å²) in [6.07, 6.45) is 0.184. The van der Waals surface area contributed by atoms with Crippen LogP contribution in [0.1, 0.15) is 16.8 Å². The molecule has 0 aliphatic rings. The number of carbonyl (C=O) groups excluding carboxylic acids is 1. The largest absolute Gasteiger partial charge is 0.330 e. The zero-order valence-electron chi connectivity index (χ0n) is 6.89. The van der Waals surface area contributed by atoms with E-state index >= 15 is 0 Å². The van der Waals surface area contributed by atoms with Crippen LogP contribution in [0, 0.1) is 5.82 Å². The minimum Gasteiger partial charge on any atom is -0.330 e. The third-order valence-corrected chi connectivity index (χ3v) is 2.01. The highest BCUT2D eigenvalue weighted by Gasteiger charge is 2.11. The predicted molar refractivity (Wildman–Crippen MR) is 49.4 cm³/mol. The molecule has 2 N–H and O–H groups in total. The van der Waals surface area contributed by atoms with Gasteiger partial charge in [0.25, 0.3) is 0 Å². The second-order valence-electron chi connectivity index (χ2n) is 2.56. The fourth-order valence-electron chi connectivity index (χ4n) is 0.985. The maximum absolute atomic E-state index is 12.9. The highest BCUT2D eigenvalue weighted by Crippen LogP contribution is 2.20. The van der Waals surface area contributed by atoms with Crippen molar-refractivity contribution in [3.8, 4) is 0 Å². The molecule has 0 saturated carbocycles. The molecule has 0 aliphatic heterocycles. The van der Waals surface area contributed by atoms with E-state index < -0.39 is 5.82 Å². The Morgan fingerprint density at radius 2 is 2.23 bits per heavy atom. The van der Waals surface area contributed by atoms with Crippen LogP contribution < -0.4 is 5.73 Å². The lowest BCUT2D eigenvalue weighted by molar-refractivity contribution is 0.0985. The number of hydrogen-bond donors (Lipinski definition) is 1. The smallest absolute Gasteiger partial charge is 0.165 e. The number of benzene rings is 1. The molecule has 13 heavy (non-hydrogen) atoms. The van der Waals surface area contributed by atoms with Crippen LogP contribution in [0.15, 0.2) is 18.2 Å². The van der Waals surface area contributed by atoms with Crippen LogP contribution in [0.5, 0.6) is 0 Å². The van der Waals surface area contributed by atoms with E-state index in [0.717, 1.165) is 0 Å². The highest BCUT2D eigenvalue weighted by molar-refractivity contribution is 6.34. The third kappa shape index (κ3) is 2.26. The van der Waals surface area contributed by atoms with Crippen molar-refractivity contribution in [2.75, 3.05) is 6.54 Å². The maximum atomic E-state index is 12.9. The number of rotatable bonds is 3. The molecule has 2 nitrogen and oxygen atoms in total. The van der Waals surface area contributed by atoms with Crippen LogP contribution in [-0.2, 0) is 0 Å². The SMILES string of the molecule is NCCC(=O)c1cccc(F)c1Cl. The Morgan fingerprint density at radius 1 is 1.54 bits per heavy atom. The van der Waals surface area contributed by atoms with Crippen LogP contribution in [0.3, 0.4) is 0 Å². The summed E-state index contributed by atoms with van der Waals surface area (Å²) >= 11 is 5.59. The summed E-state index contributed by atoms with van der Waals surface area (Å²) in [4.78, 5) is 11.3. The Bertz CT molecular complexity index is 327. The fraction of sp³-hybridized carbons (Fsp3) is 0.222. The predicted octanol–water partition coefficient (Wildman–Crippen LogP) is 2.01. The van der Waals surface area contributed by atoms with Crippen molar-refractivity contribution in [1.82, 2.24) is 0 Å². The van der Waals surface area contributed by atoms with Gasteiger partial charge in [-0.15, -0.1) is 0 Å². The molecule has 1 aromatic rings. The summed E-state index contributed by atoms with van der Waals surface area (Å²) in [6.45, 7) is 0.242. The molecular formula is C9H9ClFNO. The number of carbonyl (C=O) groups is 1. The molecule has 0 saturated heterocycles. The molecule has 0 radical (unpaired) electrons. The van der Waals surface area contributed by atoms with E-state index in [0.29, 0.717) is 0 Å². The molecule has 0 amide bonds. The van der Waals surface area contributed by atoms with Crippen molar-refractivity contribution in [3.63, 3.8) is 0 Å². The normalized spacial score (nSPS) is 10.1. The first-order valence-electron chi connectivity index (χ1n) is 3.84. The van der Waals surface area contributed by atoms with Crippen molar-refractivity contribution in [2.45, 2.75) is 6.42 Å². The summed E-state index contributed by atoms with van der Waals surface area (Å²) in [5.41, 5.74) is 5.40. The van der Waals surface area contributed by atoms with Crippen LogP contribution in [0.4, 0.5) is 4.39 Å². The van der Waals surface area contributed by atoms with Crippen LogP contribution in [-0.4, -0.2) is 12.3 Å². The van der Waals surface area contributed by atoms with Gasteiger partial charge in [0, 0.05) is 12.0 Å². The zero-order valence-corrected chi connectivity index (χ0v) is 7.64. The number of Topliss-reactive ketones (excluding diaryl/α,β-unsaturated/α-hetero) is 1. The van der Waals surface area contributed by atoms with E-state index in [9.17, 15) is 9.18 Å². The zero-order chi connectivity index (χ0) is 9.84. The van der Waals surface area contributed by atoms with Gasteiger partial charge in [-0.3, -0.25) is 4.79 Å². The van der Waals surface area contributed by atoms with Gasteiger partial charge in [0.05, 0.1) is 5.02 Å². The lowest BCUT2D eigenvalue weighted by Gasteiger charge is -2.02. The van der Waals surface area contributed by atoms with E-state index in [-0.39, 0.29) is 29.3 Å². The van der Waals surface area contributed by atoms with Gasteiger partial charge in [0.2, 0.25) is 0 Å². The first kappa shape index (κ1) is 10.2. The van der Waals surface area contributed by atoms with Gasteiger partial charge in [-0.25, -0.2) is 4.39 Å². The average molecular weight is 202 g/mol. The summed E-state index contributed by atoms with van der Waals surface area (Å²) in [5.74, 6) is -0.809. The molecule has 4 heteroatoms. The number of ketones is 1. The van der Waals surface area contributed by atoms with Gasteiger partial charge in [-0.2, -0.15) is 0 Å². The van der Waals surface area contributed by atoms with E-state index in [2.05, 4.69) is 0 Å². The molecule has 0 fully saturated rings. The Morgan fingerprint density at radius 3 is 2.85 bits per heavy atom. The summed E-state index contributed by atoms with van der Waals surface area (Å²) < 4.78 is 12.9. The molecule has 0 atom stereocenters. The van der Waals surface area contributed by atoms with Crippen LogP contribution >= 0.6 is 11.6 Å². The minimum atomic E-state index is -0.579. The summed E-state index contributed by atoms with van der Waals surface area (Å²) in [5, 5.41) is -0.124. The Hall–Kier alpha value is -0.930. The monoisotopic (exact) mass is 201 g/mol. The van der Waals surface area contributed by atoms with Gasteiger partial charge >= 0.3 is 0 Å². The molecule has 70 valence electrons. The van der Waals surface area contributed by atoms with Gasteiger partial charge in [0.1, 0.15) is 5.82 Å². The third-order valence-electron chi connectivity index (χ3n) is 1.62. The Balaban J connectivity index is 3.01. The van der Waals surface area contributed by atoms with Crippen molar-refractivity contribution >= 4 is 17.4 Å².